The van der Waals surface area contributed by atoms with Gasteiger partial charge in [-0.15, -0.1) is 0 Å². The fourth-order valence-corrected chi connectivity index (χ4v) is 12.7. The average molecular weight is 1210 g/mol. The van der Waals surface area contributed by atoms with E-state index in [4.69, 9.17) is 4.74 Å². The molecule has 2 atom stereocenters. The minimum Gasteiger partial charge on any atom is -0.466 e. The average Bonchev–Trinajstić information content (AvgIpc) is 3.53. The standard InChI is InChI=1S/C80H155NO5/c1-3-5-7-9-11-13-15-17-19-20-21-35-38-41-45-48-52-56-60-64-68-72-78(83)77(76-82)81-79(84)73-69-65-61-57-53-49-46-42-39-36-33-31-29-27-25-23-22-24-26-28-30-32-34-37-40-43-47-51-55-59-63-67-71-75-86-80(85)74-70-66-62-58-54-50-44-18-16-14-12-10-8-6-4-2/h18,26,28,44,77-78,82-83H,3-17,19-25,27,29-43,45-76H2,1-2H3,(H,81,84)/b28-26-,44-18-. The highest BCUT2D eigenvalue weighted by atomic mass is 16.5. The zero-order valence-electron chi connectivity index (χ0n) is 58.6. The number of amides is 1. The molecule has 0 fully saturated rings. The summed E-state index contributed by atoms with van der Waals surface area (Å²) in [6.45, 7) is 4.99. The summed E-state index contributed by atoms with van der Waals surface area (Å²) in [7, 11) is 0. The normalized spacial score (nSPS) is 12.6. The van der Waals surface area contributed by atoms with E-state index < -0.39 is 12.1 Å². The lowest BCUT2D eigenvalue weighted by Crippen LogP contribution is -2.45. The monoisotopic (exact) mass is 1210 g/mol. The lowest BCUT2D eigenvalue weighted by Gasteiger charge is -2.22. The van der Waals surface area contributed by atoms with Crippen LogP contribution in [0.1, 0.15) is 450 Å². The Labute approximate surface area is 539 Å². The molecule has 86 heavy (non-hydrogen) atoms. The summed E-state index contributed by atoms with van der Waals surface area (Å²) in [6.07, 6.45) is 97.0. The summed E-state index contributed by atoms with van der Waals surface area (Å²) in [6, 6.07) is -0.540. The lowest BCUT2D eigenvalue weighted by molar-refractivity contribution is -0.143. The van der Waals surface area contributed by atoms with Crippen LogP contribution in [0.5, 0.6) is 0 Å². The molecule has 1 amide bonds. The van der Waals surface area contributed by atoms with Gasteiger partial charge in [0.25, 0.3) is 0 Å². The zero-order valence-corrected chi connectivity index (χ0v) is 58.6. The number of carbonyl (C=O) groups is 2. The van der Waals surface area contributed by atoms with Gasteiger partial charge in [-0.05, 0) is 77.0 Å². The van der Waals surface area contributed by atoms with Gasteiger partial charge in [-0.25, -0.2) is 0 Å². The number of ether oxygens (including phenoxy) is 1. The van der Waals surface area contributed by atoms with Crippen molar-refractivity contribution in [3.63, 3.8) is 0 Å². The van der Waals surface area contributed by atoms with Crippen LogP contribution in [0.2, 0.25) is 0 Å². The van der Waals surface area contributed by atoms with Gasteiger partial charge in [-0.2, -0.15) is 0 Å². The summed E-state index contributed by atoms with van der Waals surface area (Å²) in [5.74, 6) is -0.0149. The van der Waals surface area contributed by atoms with Crippen LogP contribution in [-0.2, 0) is 14.3 Å². The first-order valence-electron chi connectivity index (χ1n) is 39.6. The van der Waals surface area contributed by atoms with E-state index in [0.29, 0.717) is 25.9 Å². The van der Waals surface area contributed by atoms with Crippen molar-refractivity contribution in [1.29, 1.82) is 0 Å². The molecular formula is C80H155NO5. The summed E-state index contributed by atoms with van der Waals surface area (Å²) in [5, 5.41) is 23.5. The van der Waals surface area contributed by atoms with E-state index in [1.807, 2.05) is 0 Å². The van der Waals surface area contributed by atoms with E-state index in [9.17, 15) is 19.8 Å². The first-order valence-corrected chi connectivity index (χ1v) is 39.6. The molecule has 6 nitrogen and oxygen atoms in total. The van der Waals surface area contributed by atoms with Gasteiger partial charge in [0.1, 0.15) is 0 Å². The van der Waals surface area contributed by atoms with Crippen molar-refractivity contribution < 1.29 is 24.5 Å². The third kappa shape index (κ3) is 71.4. The second-order valence-electron chi connectivity index (χ2n) is 27.4. The quantitative estimate of drug-likeness (QED) is 0.0320. The number of aliphatic hydroxyl groups excluding tert-OH is 2. The van der Waals surface area contributed by atoms with Crippen molar-refractivity contribution in [2.24, 2.45) is 0 Å². The predicted octanol–water partition coefficient (Wildman–Crippen LogP) is 26.0. The number of allylic oxidation sites excluding steroid dienone is 4. The summed E-state index contributed by atoms with van der Waals surface area (Å²) in [4.78, 5) is 24.6. The molecule has 0 aromatic heterocycles. The molecule has 3 N–H and O–H groups in total. The fraction of sp³-hybridized carbons (Fsp3) is 0.925. The third-order valence-corrected chi connectivity index (χ3v) is 18.7. The van der Waals surface area contributed by atoms with Gasteiger partial charge in [0.2, 0.25) is 5.91 Å². The largest absolute Gasteiger partial charge is 0.466 e. The van der Waals surface area contributed by atoms with Crippen LogP contribution >= 0.6 is 0 Å². The van der Waals surface area contributed by atoms with Crippen molar-refractivity contribution in [2.45, 2.75) is 463 Å². The number of rotatable bonds is 75. The van der Waals surface area contributed by atoms with E-state index in [1.54, 1.807) is 0 Å². The zero-order chi connectivity index (χ0) is 62.0. The Balaban J connectivity index is 3.35. The van der Waals surface area contributed by atoms with E-state index in [0.717, 1.165) is 44.9 Å². The molecule has 0 heterocycles. The predicted molar refractivity (Wildman–Crippen MR) is 380 cm³/mol. The number of hydrogen-bond acceptors (Lipinski definition) is 5. The second kappa shape index (κ2) is 75.8. The number of esters is 1. The van der Waals surface area contributed by atoms with Crippen LogP contribution in [0.15, 0.2) is 24.3 Å². The minimum absolute atomic E-state index is 0.0117. The summed E-state index contributed by atoms with van der Waals surface area (Å²) in [5.41, 5.74) is 0. The maximum atomic E-state index is 12.6. The van der Waals surface area contributed by atoms with Gasteiger partial charge in [0.05, 0.1) is 25.4 Å². The van der Waals surface area contributed by atoms with Crippen LogP contribution < -0.4 is 5.32 Å². The molecule has 0 bridgehead atoms. The molecule has 2 unspecified atom stereocenters. The highest BCUT2D eigenvalue weighted by Crippen LogP contribution is 2.20. The van der Waals surface area contributed by atoms with Crippen LogP contribution in [0.4, 0.5) is 0 Å². The Morgan fingerprint density at radius 2 is 0.547 bits per heavy atom. The second-order valence-corrected chi connectivity index (χ2v) is 27.4. The van der Waals surface area contributed by atoms with Gasteiger partial charge in [-0.3, -0.25) is 9.59 Å². The molecule has 0 aromatic rings. The van der Waals surface area contributed by atoms with Crippen molar-refractivity contribution in [2.75, 3.05) is 13.2 Å². The van der Waals surface area contributed by atoms with Crippen LogP contribution in [0, 0.1) is 0 Å². The van der Waals surface area contributed by atoms with Gasteiger partial charge in [0, 0.05) is 12.8 Å². The number of aliphatic hydroxyl groups is 2. The third-order valence-electron chi connectivity index (χ3n) is 18.7. The van der Waals surface area contributed by atoms with E-state index in [2.05, 4.69) is 43.5 Å². The van der Waals surface area contributed by atoms with Gasteiger partial charge < -0.3 is 20.3 Å². The first kappa shape index (κ1) is 84.3. The molecule has 0 aromatic carbocycles. The highest BCUT2D eigenvalue weighted by Gasteiger charge is 2.20. The Bertz CT molecular complexity index is 1350. The van der Waals surface area contributed by atoms with E-state index >= 15 is 0 Å². The molecule has 6 heteroatoms. The molecule has 510 valence electrons. The summed E-state index contributed by atoms with van der Waals surface area (Å²) < 4.78 is 5.50. The molecule has 0 saturated heterocycles. The van der Waals surface area contributed by atoms with Crippen LogP contribution in [0.3, 0.4) is 0 Å². The molecule has 0 aliphatic heterocycles. The minimum atomic E-state index is -0.663. The Morgan fingerprint density at radius 3 is 0.826 bits per heavy atom. The molecule has 0 saturated carbocycles. The first-order chi connectivity index (χ1) is 42.5. The topological polar surface area (TPSA) is 95.9 Å². The fourth-order valence-electron chi connectivity index (χ4n) is 12.7. The molecule has 0 spiro atoms. The Kier molecular flexibility index (Phi) is 74.3. The van der Waals surface area contributed by atoms with Gasteiger partial charge >= 0.3 is 5.97 Å². The van der Waals surface area contributed by atoms with E-state index in [-0.39, 0.29) is 18.5 Å². The van der Waals surface area contributed by atoms with Crippen LogP contribution in [-0.4, -0.2) is 47.4 Å². The number of unbranched alkanes of at least 4 members (excludes halogenated alkanes) is 60. The van der Waals surface area contributed by atoms with E-state index in [1.165, 1.54) is 372 Å². The lowest BCUT2D eigenvalue weighted by atomic mass is 10.0. The molecule has 0 aliphatic rings. The van der Waals surface area contributed by atoms with Crippen molar-refractivity contribution in [3.05, 3.63) is 24.3 Å². The van der Waals surface area contributed by atoms with Gasteiger partial charge in [-0.1, -0.05) is 385 Å². The number of hydrogen-bond donors (Lipinski definition) is 3. The van der Waals surface area contributed by atoms with Crippen molar-refractivity contribution >= 4 is 11.9 Å². The number of nitrogens with one attached hydrogen (secondary N) is 1. The molecule has 0 radical (unpaired) electrons. The Morgan fingerprint density at radius 1 is 0.314 bits per heavy atom. The van der Waals surface area contributed by atoms with Crippen molar-refractivity contribution in [3.8, 4) is 0 Å². The van der Waals surface area contributed by atoms with Gasteiger partial charge in [0.15, 0.2) is 0 Å². The Hall–Kier alpha value is -1.66. The SMILES string of the molecule is CCCCCCCC/C=C\CCCCCCCC(=O)OCCCCCCCCCCCCCC/C=C\CCCCCCCCCCCCCCCCCCCC(=O)NC(CO)C(O)CCCCCCCCCCCCCCCCCCCCCCC. The summed E-state index contributed by atoms with van der Waals surface area (Å²) >= 11 is 0. The smallest absolute Gasteiger partial charge is 0.305 e. The number of carbonyl (C=O) groups excluding carboxylic acids is 2. The van der Waals surface area contributed by atoms with Crippen LogP contribution in [0.25, 0.3) is 0 Å². The molecule has 0 aliphatic carbocycles. The molecular weight excluding hydrogens is 1050 g/mol. The van der Waals surface area contributed by atoms with Crippen molar-refractivity contribution in [1.82, 2.24) is 5.32 Å². The highest BCUT2D eigenvalue weighted by molar-refractivity contribution is 5.76. The maximum absolute atomic E-state index is 12.6. The molecule has 0 rings (SSSR count). The maximum Gasteiger partial charge on any atom is 0.305 e.